The Kier molecular flexibility index (Phi) is 6.21. The Morgan fingerprint density at radius 3 is 2.78 bits per heavy atom. The van der Waals surface area contributed by atoms with E-state index in [9.17, 15) is 14.9 Å². The Labute approximate surface area is 192 Å². The van der Waals surface area contributed by atoms with Gasteiger partial charge in [0.25, 0.3) is 5.56 Å². The summed E-state index contributed by atoms with van der Waals surface area (Å²) in [6.07, 6.45) is 1.67. The Morgan fingerprint density at radius 2 is 2.03 bits per heavy atom. The van der Waals surface area contributed by atoms with Gasteiger partial charge >= 0.3 is 0 Å². The molecule has 0 spiro atoms. The highest BCUT2D eigenvalue weighted by Gasteiger charge is 2.16. The minimum absolute atomic E-state index is 0.0337. The van der Waals surface area contributed by atoms with Gasteiger partial charge in [-0.15, -0.1) is 0 Å². The summed E-state index contributed by atoms with van der Waals surface area (Å²) in [6, 6.07) is 17.3. The molecule has 9 heteroatoms. The third kappa shape index (κ3) is 4.49. The van der Waals surface area contributed by atoms with Crippen molar-refractivity contribution in [1.82, 2.24) is 14.5 Å². The number of rotatable bonds is 5. The van der Waals surface area contributed by atoms with E-state index < -0.39 is 0 Å². The molecule has 0 aliphatic carbocycles. The van der Waals surface area contributed by atoms with Crippen LogP contribution in [0.15, 0.2) is 70.7 Å². The van der Waals surface area contributed by atoms with Crippen molar-refractivity contribution >= 4 is 45.9 Å². The first-order valence-electron chi connectivity index (χ1n) is 9.53. The maximum atomic E-state index is 13.2. The van der Waals surface area contributed by atoms with Crippen LogP contribution >= 0.6 is 23.4 Å². The number of aryl methyl sites for hydroxylation is 1. The molecule has 0 saturated heterocycles. The number of aromatic nitrogens is 3. The molecular formula is C23H16ClN5O2S. The summed E-state index contributed by atoms with van der Waals surface area (Å²) in [5, 5.41) is 13.1. The van der Waals surface area contributed by atoms with E-state index in [2.05, 4.69) is 15.3 Å². The molecular weight excluding hydrogens is 446 g/mol. The number of amides is 1. The van der Waals surface area contributed by atoms with Crippen molar-refractivity contribution in [2.45, 2.75) is 12.1 Å². The van der Waals surface area contributed by atoms with Crippen molar-refractivity contribution in [3.05, 3.63) is 87.3 Å². The van der Waals surface area contributed by atoms with Crippen LogP contribution < -0.4 is 10.9 Å². The van der Waals surface area contributed by atoms with E-state index in [0.29, 0.717) is 38.2 Å². The fraction of sp³-hybridized carbons (Fsp3) is 0.0870. The van der Waals surface area contributed by atoms with Gasteiger partial charge in [-0.25, -0.2) is 14.5 Å². The normalized spacial score (nSPS) is 10.7. The van der Waals surface area contributed by atoms with Gasteiger partial charge in [-0.05, 0) is 48.9 Å². The average molecular weight is 462 g/mol. The molecule has 0 radical (unpaired) electrons. The van der Waals surface area contributed by atoms with Gasteiger partial charge in [0.1, 0.15) is 11.9 Å². The van der Waals surface area contributed by atoms with E-state index in [1.54, 1.807) is 42.6 Å². The topological polar surface area (TPSA) is 101 Å². The van der Waals surface area contributed by atoms with Crippen LogP contribution in [-0.2, 0) is 4.79 Å². The molecule has 0 atom stereocenters. The third-order valence-corrected chi connectivity index (χ3v) is 5.75. The molecule has 0 bridgehead atoms. The van der Waals surface area contributed by atoms with Gasteiger partial charge in [-0.3, -0.25) is 9.59 Å². The number of benzene rings is 2. The predicted molar refractivity (Wildman–Crippen MR) is 125 cm³/mol. The molecule has 0 saturated carbocycles. The molecule has 2 aromatic heterocycles. The first kappa shape index (κ1) is 21.6. The molecule has 158 valence electrons. The number of nitrogens with zero attached hydrogens (tertiary/aromatic N) is 4. The van der Waals surface area contributed by atoms with Crippen molar-refractivity contribution in [2.24, 2.45) is 0 Å². The van der Waals surface area contributed by atoms with E-state index in [1.807, 2.05) is 19.1 Å². The van der Waals surface area contributed by atoms with Crippen molar-refractivity contribution in [3.8, 4) is 11.9 Å². The molecule has 2 heterocycles. The molecule has 1 amide bonds. The van der Waals surface area contributed by atoms with E-state index in [-0.39, 0.29) is 17.2 Å². The number of para-hydroxylation sites is 1. The quantitative estimate of drug-likeness (QED) is 0.350. The molecule has 0 fully saturated rings. The number of pyridine rings is 1. The summed E-state index contributed by atoms with van der Waals surface area (Å²) >= 11 is 7.09. The zero-order valence-corrected chi connectivity index (χ0v) is 18.4. The highest BCUT2D eigenvalue weighted by molar-refractivity contribution is 7.99. The van der Waals surface area contributed by atoms with Crippen molar-refractivity contribution < 1.29 is 4.79 Å². The van der Waals surface area contributed by atoms with E-state index in [4.69, 9.17) is 11.6 Å². The van der Waals surface area contributed by atoms with Gasteiger partial charge in [-0.2, -0.15) is 5.26 Å². The zero-order valence-electron chi connectivity index (χ0n) is 16.9. The lowest BCUT2D eigenvalue weighted by atomic mass is 10.2. The first-order valence-corrected chi connectivity index (χ1v) is 10.9. The van der Waals surface area contributed by atoms with Gasteiger partial charge in [0.05, 0.1) is 27.9 Å². The molecule has 7 nitrogen and oxygen atoms in total. The number of anilines is 1. The number of hydrogen-bond donors (Lipinski definition) is 1. The Balaban J connectivity index is 1.67. The van der Waals surface area contributed by atoms with Gasteiger partial charge in [0, 0.05) is 11.2 Å². The Morgan fingerprint density at radius 1 is 1.22 bits per heavy atom. The number of nitrogens with one attached hydrogen (secondary N) is 1. The van der Waals surface area contributed by atoms with E-state index in [0.717, 1.165) is 17.3 Å². The number of carbonyl (C=O) groups is 1. The maximum Gasteiger partial charge on any atom is 0.267 e. The molecule has 4 rings (SSSR count). The molecule has 4 aromatic rings. The van der Waals surface area contributed by atoms with Crippen LogP contribution in [0, 0.1) is 18.3 Å². The highest BCUT2D eigenvalue weighted by atomic mass is 35.5. The van der Waals surface area contributed by atoms with Crippen molar-refractivity contribution in [1.29, 1.82) is 5.26 Å². The lowest BCUT2D eigenvalue weighted by molar-refractivity contribution is -0.113. The molecule has 0 aliphatic heterocycles. The SMILES string of the molecule is Cc1ccc(-n2c(SCC(=O)Nc3cc(Cl)ccc3C#N)nc3ccccc3c2=O)nc1. The van der Waals surface area contributed by atoms with Crippen LogP contribution in [0.5, 0.6) is 0 Å². The second-order valence-electron chi connectivity index (χ2n) is 6.88. The number of carbonyl (C=O) groups excluding carboxylic acids is 1. The predicted octanol–water partition coefficient (Wildman–Crippen LogP) is 4.35. The molecule has 2 aromatic carbocycles. The van der Waals surface area contributed by atoms with Gasteiger partial charge in [0.2, 0.25) is 5.91 Å². The number of halogens is 1. The van der Waals surface area contributed by atoms with E-state index in [1.165, 1.54) is 16.7 Å². The van der Waals surface area contributed by atoms with Gasteiger partial charge in [-0.1, -0.05) is 41.6 Å². The summed E-state index contributed by atoms with van der Waals surface area (Å²) < 4.78 is 1.40. The minimum atomic E-state index is -0.361. The average Bonchev–Trinajstić information content (AvgIpc) is 2.79. The number of hydrogen-bond acceptors (Lipinski definition) is 6. The van der Waals surface area contributed by atoms with Crippen LogP contribution in [0.25, 0.3) is 16.7 Å². The number of fused-ring (bicyclic) bond motifs is 1. The largest absolute Gasteiger partial charge is 0.324 e. The maximum absolute atomic E-state index is 13.2. The molecule has 1 N–H and O–H groups in total. The summed E-state index contributed by atoms with van der Waals surface area (Å²) in [4.78, 5) is 34.8. The summed E-state index contributed by atoms with van der Waals surface area (Å²) in [7, 11) is 0. The Bertz CT molecular complexity index is 1430. The molecule has 32 heavy (non-hydrogen) atoms. The summed E-state index contributed by atoms with van der Waals surface area (Å²) in [5.41, 5.74) is 1.85. The monoisotopic (exact) mass is 461 g/mol. The van der Waals surface area contributed by atoms with Gasteiger partial charge in [0.15, 0.2) is 5.16 Å². The number of nitriles is 1. The highest BCUT2D eigenvalue weighted by Crippen LogP contribution is 2.23. The summed E-state index contributed by atoms with van der Waals surface area (Å²) in [6.45, 7) is 1.91. The van der Waals surface area contributed by atoms with Crippen LogP contribution in [0.1, 0.15) is 11.1 Å². The first-order chi connectivity index (χ1) is 15.5. The second-order valence-corrected chi connectivity index (χ2v) is 8.26. The van der Waals surface area contributed by atoms with Crippen LogP contribution in [0.2, 0.25) is 5.02 Å². The van der Waals surface area contributed by atoms with E-state index >= 15 is 0 Å². The van der Waals surface area contributed by atoms with Crippen molar-refractivity contribution in [3.63, 3.8) is 0 Å². The number of thioether (sulfide) groups is 1. The lowest BCUT2D eigenvalue weighted by Crippen LogP contribution is -2.23. The second kappa shape index (κ2) is 9.22. The molecule has 0 unspecified atom stereocenters. The summed E-state index contributed by atoms with van der Waals surface area (Å²) in [5.74, 6) is 0.0246. The van der Waals surface area contributed by atoms with Crippen LogP contribution in [-0.4, -0.2) is 26.2 Å². The smallest absolute Gasteiger partial charge is 0.267 e. The fourth-order valence-electron chi connectivity index (χ4n) is 3.04. The standard InChI is InChI=1S/C23H16ClN5O2S/c1-14-6-9-20(26-12-14)29-22(31)17-4-2-3-5-18(17)28-23(29)32-13-21(30)27-19-10-16(24)8-7-15(19)11-25/h2-10,12H,13H2,1H3,(H,27,30). The van der Waals surface area contributed by atoms with Crippen LogP contribution in [0.4, 0.5) is 5.69 Å². The van der Waals surface area contributed by atoms with Gasteiger partial charge < -0.3 is 5.32 Å². The Hall–Kier alpha value is -3.67. The fourth-order valence-corrected chi connectivity index (χ4v) is 4.01. The van der Waals surface area contributed by atoms with Crippen LogP contribution in [0.3, 0.4) is 0 Å². The van der Waals surface area contributed by atoms with Crippen molar-refractivity contribution in [2.75, 3.05) is 11.1 Å². The zero-order chi connectivity index (χ0) is 22.7. The third-order valence-electron chi connectivity index (χ3n) is 4.58. The minimum Gasteiger partial charge on any atom is -0.324 e. The molecule has 0 aliphatic rings. The lowest BCUT2D eigenvalue weighted by Gasteiger charge is -2.13.